The van der Waals surface area contributed by atoms with Crippen molar-refractivity contribution in [3.05, 3.63) is 105 Å². The van der Waals surface area contributed by atoms with E-state index in [4.69, 9.17) is 28.9 Å². The SMILES string of the molecule is Cc1cc(C)cc(Cn2c3cc(-c4ccc(Cl)cc4Cl)ccc3c3c(C(N)=O)cccc32)c1. The highest BCUT2D eigenvalue weighted by atomic mass is 35.5. The maximum absolute atomic E-state index is 12.3. The lowest BCUT2D eigenvalue weighted by Crippen LogP contribution is -2.11. The zero-order valence-electron chi connectivity index (χ0n) is 18.3. The van der Waals surface area contributed by atoms with Crippen molar-refractivity contribution < 1.29 is 4.79 Å². The Labute approximate surface area is 202 Å². The Morgan fingerprint density at radius 1 is 0.879 bits per heavy atom. The second-order valence-corrected chi connectivity index (χ2v) is 9.35. The van der Waals surface area contributed by atoms with Crippen LogP contribution < -0.4 is 5.73 Å². The van der Waals surface area contributed by atoms with Gasteiger partial charge in [-0.25, -0.2) is 0 Å². The number of carbonyl (C=O) groups excluding carboxylic acids is 1. The zero-order chi connectivity index (χ0) is 23.3. The van der Waals surface area contributed by atoms with E-state index in [0.717, 1.165) is 32.9 Å². The average Bonchev–Trinajstić information content (AvgIpc) is 3.06. The van der Waals surface area contributed by atoms with Gasteiger partial charge in [0.05, 0.1) is 11.0 Å². The quantitative estimate of drug-likeness (QED) is 0.288. The summed E-state index contributed by atoms with van der Waals surface area (Å²) >= 11 is 12.6. The van der Waals surface area contributed by atoms with Crippen molar-refractivity contribution in [3.8, 4) is 11.1 Å². The van der Waals surface area contributed by atoms with E-state index in [1.54, 1.807) is 12.1 Å². The maximum Gasteiger partial charge on any atom is 0.249 e. The second kappa shape index (κ2) is 8.26. The van der Waals surface area contributed by atoms with Gasteiger partial charge in [-0.05, 0) is 55.3 Å². The molecule has 0 aliphatic heterocycles. The summed E-state index contributed by atoms with van der Waals surface area (Å²) in [6, 6.07) is 24.0. The molecule has 0 fully saturated rings. The first kappa shape index (κ1) is 21.6. The number of primary amides is 1. The molecule has 0 unspecified atom stereocenters. The number of hydrogen-bond donors (Lipinski definition) is 1. The van der Waals surface area contributed by atoms with Crippen LogP contribution in [0.15, 0.2) is 72.8 Å². The predicted molar refractivity (Wildman–Crippen MR) is 138 cm³/mol. The van der Waals surface area contributed by atoms with E-state index >= 15 is 0 Å². The molecule has 5 rings (SSSR count). The Kier molecular flexibility index (Phi) is 5.40. The number of hydrogen-bond acceptors (Lipinski definition) is 1. The molecule has 0 bridgehead atoms. The van der Waals surface area contributed by atoms with Crippen molar-refractivity contribution in [1.29, 1.82) is 0 Å². The van der Waals surface area contributed by atoms with Crippen LogP contribution >= 0.6 is 23.2 Å². The summed E-state index contributed by atoms with van der Waals surface area (Å²) in [4.78, 5) is 12.3. The summed E-state index contributed by atoms with van der Waals surface area (Å²) < 4.78 is 2.25. The molecule has 0 spiro atoms. The number of amides is 1. The van der Waals surface area contributed by atoms with E-state index in [0.29, 0.717) is 22.2 Å². The number of carbonyl (C=O) groups is 1. The topological polar surface area (TPSA) is 48.0 Å². The zero-order valence-corrected chi connectivity index (χ0v) is 19.8. The average molecular weight is 473 g/mol. The minimum atomic E-state index is -0.434. The van der Waals surface area contributed by atoms with Crippen LogP contribution in [0.25, 0.3) is 32.9 Å². The molecule has 33 heavy (non-hydrogen) atoms. The normalized spacial score (nSPS) is 11.4. The minimum Gasteiger partial charge on any atom is -0.366 e. The van der Waals surface area contributed by atoms with Crippen LogP contribution in [-0.2, 0) is 6.54 Å². The van der Waals surface area contributed by atoms with Crippen LogP contribution in [0.4, 0.5) is 0 Å². The van der Waals surface area contributed by atoms with E-state index < -0.39 is 5.91 Å². The molecule has 0 radical (unpaired) electrons. The third-order valence-electron chi connectivity index (χ3n) is 6.02. The van der Waals surface area contributed by atoms with Crippen molar-refractivity contribution in [1.82, 2.24) is 4.57 Å². The number of nitrogens with two attached hydrogens (primary N) is 1. The summed E-state index contributed by atoms with van der Waals surface area (Å²) in [5.74, 6) is -0.434. The Hall–Kier alpha value is -3.27. The highest BCUT2D eigenvalue weighted by Crippen LogP contribution is 2.37. The fourth-order valence-electron chi connectivity index (χ4n) is 4.75. The van der Waals surface area contributed by atoms with Gasteiger partial charge in [-0.2, -0.15) is 0 Å². The number of aryl methyl sites for hydroxylation is 2. The standard InChI is InChI=1S/C28H22Cl2N2O/c1-16-10-17(2)12-18(11-16)15-32-25-5-3-4-23(28(31)33)27(25)22-8-6-19(13-26(22)32)21-9-7-20(29)14-24(21)30/h3-14H,15H2,1-2H3,(H2,31,33). The molecule has 0 atom stereocenters. The molecule has 0 saturated carbocycles. The third kappa shape index (κ3) is 3.88. The number of fused-ring (bicyclic) bond motifs is 3. The third-order valence-corrected chi connectivity index (χ3v) is 6.57. The molecular formula is C28H22Cl2N2O. The van der Waals surface area contributed by atoms with Gasteiger partial charge >= 0.3 is 0 Å². The van der Waals surface area contributed by atoms with Crippen molar-refractivity contribution >= 4 is 50.9 Å². The summed E-state index contributed by atoms with van der Waals surface area (Å²) in [5, 5.41) is 3.05. The summed E-state index contributed by atoms with van der Waals surface area (Å²) in [5.41, 5.74) is 13.8. The molecule has 5 heteroatoms. The van der Waals surface area contributed by atoms with Crippen LogP contribution in [0.5, 0.6) is 0 Å². The summed E-state index contributed by atoms with van der Waals surface area (Å²) in [6.45, 7) is 4.88. The molecule has 1 aromatic heterocycles. The first-order chi connectivity index (χ1) is 15.8. The minimum absolute atomic E-state index is 0.434. The molecule has 0 aliphatic carbocycles. The Morgan fingerprint density at radius 3 is 2.33 bits per heavy atom. The van der Waals surface area contributed by atoms with Crippen LogP contribution in [-0.4, -0.2) is 10.5 Å². The lowest BCUT2D eigenvalue weighted by Gasteiger charge is -2.11. The number of aromatic nitrogens is 1. The molecule has 3 nitrogen and oxygen atoms in total. The molecule has 0 saturated heterocycles. The van der Waals surface area contributed by atoms with Gasteiger partial charge in [0.2, 0.25) is 5.91 Å². The van der Waals surface area contributed by atoms with Gasteiger partial charge in [-0.3, -0.25) is 4.79 Å². The van der Waals surface area contributed by atoms with E-state index in [2.05, 4.69) is 42.7 Å². The van der Waals surface area contributed by atoms with Crippen LogP contribution in [0.3, 0.4) is 0 Å². The molecule has 1 amide bonds. The lowest BCUT2D eigenvalue weighted by molar-refractivity contribution is 0.100. The van der Waals surface area contributed by atoms with Crippen molar-refractivity contribution in [3.63, 3.8) is 0 Å². The monoisotopic (exact) mass is 472 g/mol. The van der Waals surface area contributed by atoms with Gasteiger partial charge in [0.1, 0.15) is 0 Å². The van der Waals surface area contributed by atoms with Crippen LogP contribution in [0.2, 0.25) is 10.0 Å². The molecule has 4 aromatic carbocycles. The highest BCUT2D eigenvalue weighted by molar-refractivity contribution is 6.36. The van der Waals surface area contributed by atoms with Crippen LogP contribution in [0, 0.1) is 13.8 Å². The molecule has 1 heterocycles. The van der Waals surface area contributed by atoms with Crippen molar-refractivity contribution in [2.45, 2.75) is 20.4 Å². The maximum atomic E-state index is 12.3. The fraction of sp³-hybridized carbons (Fsp3) is 0.107. The van der Waals surface area contributed by atoms with Gasteiger partial charge in [0.25, 0.3) is 0 Å². The van der Waals surface area contributed by atoms with Crippen LogP contribution in [0.1, 0.15) is 27.0 Å². The first-order valence-corrected chi connectivity index (χ1v) is 11.4. The Balaban J connectivity index is 1.81. The largest absolute Gasteiger partial charge is 0.366 e. The van der Waals surface area contributed by atoms with E-state index in [1.807, 2.05) is 36.4 Å². The Morgan fingerprint density at radius 2 is 1.64 bits per heavy atom. The Bertz CT molecular complexity index is 1550. The van der Waals surface area contributed by atoms with Gasteiger partial charge in [-0.1, -0.05) is 76.8 Å². The van der Waals surface area contributed by atoms with E-state index in [9.17, 15) is 4.79 Å². The molecule has 2 N–H and O–H groups in total. The number of benzene rings is 4. The molecule has 164 valence electrons. The fourth-order valence-corrected chi connectivity index (χ4v) is 5.27. The van der Waals surface area contributed by atoms with Gasteiger partial charge < -0.3 is 10.3 Å². The molecule has 0 aliphatic rings. The van der Waals surface area contributed by atoms with Crippen molar-refractivity contribution in [2.75, 3.05) is 0 Å². The lowest BCUT2D eigenvalue weighted by atomic mass is 10.0. The number of nitrogens with zero attached hydrogens (tertiary/aromatic N) is 1. The van der Waals surface area contributed by atoms with E-state index in [-0.39, 0.29) is 0 Å². The van der Waals surface area contributed by atoms with Gasteiger partial charge in [0.15, 0.2) is 0 Å². The highest BCUT2D eigenvalue weighted by Gasteiger charge is 2.18. The van der Waals surface area contributed by atoms with Gasteiger partial charge in [-0.15, -0.1) is 0 Å². The predicted octanol–water partition coefficient (Wildman–Crippen LogP) is 7.53. The molecular weight excluding hydrogens is 451 g/mol. The number of rotatable bonds is 4. The second-order valence-electron chi connectivity index (χ2n) is 8.50. The summed E-state index contributed by atoms with van der Waals surface area (Å²) in [7, 11) is 0. The van der Waals surface area contributed by atoms with Crippen molar-refractivity contribution in [2.24, 2.45) is 5.73 Å². The number of halogens is 2. The summed E-state index contributed by atoms with van der Waals surface area (Å²) in [6.07, 6.45) is 0. The smallest absolute Gasteiger partial charge is 0.249 e. The first-order valence-electron chi connectivity index (χ1n) is 10.7. The van der Waals surface area contributed by atoms with E-state index in [1.165, 1.54) is 16.7 Å². The molecule has 5 aromatic rings. The van der Waals surface area contributed by atoms with Gasteiger partial charge in [0, 0.05) is 38.5 Å².